The van der Waals surface area contributed by atoms with Crippen LogP contribution in [-0.2, 0) is 17.8 Å². The molecule has 1 N–H and O–H groups in total. The summed E-state index contributed by atoms with van der Waals surface area (Å²) in [4.78, 5) is 29.1. The molecule has 120 valence electrons. The molecule has 0 fully saturated rings. The summed E-state index contributed by atoms with van der Waals surface area (Å²) in [6.45, 7) is 0.719. The first-order valence-electron chi connectivity index (χ1n) is 7.75. The van der Waals surface area contributed by atoms with Gasteiger partial charge in [0.25, 0.3) is 5.56 Å². The van der Waals surface area contributed by atoms with Gasteiger partial charge in [0.2, 0.25) is 5.91 Å². The largest absolute Gasteiger partial charge is 0.322 e. The molecule has 3 heterocycles. The van der Waals surface area contributed by atoms with Crippen LogP contribution in [0, 0.1) is 0 Å². The maximum atomic E-state index is 12.5. The predicted octanol–water partition coefficient (Wildman–Crippen LogP) is 3.06. The quantitative estimate of drug-likeness (QED) is 0.747. The van der Waals surface area contributed by atoms with E-state index in [4.69, 9.17) is 0 Å². The molecule has 3 aromatic rings. The van der Waals surface area contributed by atoms with Crippen molar-refractivity contribution in [2.75, 3.05) is 5.32 Å². The highest BCUT2D eigenvalue weighted by Crippen LogP contribution is 2.18. The zero-order valence-corrected chi connectivity index (χ0v) is 13.7. The topological polar surface area (TPSA) is 64.0 Å². The molecule has 0 radical (unpaired) electrons. The highest BCUT2D eigenvalue weighted by Gasteiger charge is 2.16. The lowest BCUT2D eigenvalue weighted by atomic mass is 10.2. The lowest BCUT2D eigenvalue weighted by Crippen LogP contribution is -2.21. The van der Waals surface area contributed by atoms with Gasteiger partial charge in [-0.2, -0.15) is 11.3 Å². The summed E-state index contributed by atoms with van der Waals surface area (Å²) < 4.78 is 1.73. The molecular weight excluding hydrogens is 322 g/mol. The Bertz CT molecular complexity index is 1000. The number of aromatic nitrogens is 2. The summed E-state index contributed by atoms with van der Waals surface area (Å²) in [5.74, 6) is 0.623. The van der Waals surface area contributed by atoms with Gasteiger partial charge < -0.3 is 5.32 Å². The third-order valence-corrected chi connectivity index (χ3v) is 4.75. The van der Waals surface area contributed by atoms with Crippen LogP contribution in [0.2, 0.25) is 0 Å². The van der Waals surface area contributed by atoms with Crippen LogP contribution in [0.5, 0.6) is 0 Å². The Hall–Kier alpha value is -2.73. The van der Waals surface area contributed by atoms with E-state index in [0.717, 1.165) is 30.8 Å². The Morgan fingerprint density at radius 2 is 2.25 bits per heavy atom. The third kappa shape index (κ3) is 2.76. The highest BCUT2D eigenvalue weighted by molar-refractivity contribution is 7.08. The van der Waals surface area contributed by atoms with Crippen molar-refractivity contribution in [2.24, 2.45) is 0 Å². The first-order valence-corrected chi connectivity index (χ1v) is 8.70. The Morgan fingerprint density at radius 1 is 1.33 bits per heavy atom. The van der Waals surface area contributed by atoms with Gasteiger partial charge >= 0.3 is 0 Å². The third-order valence-electron chi connectivity index (χ3n) is 4.05. The van der Waals surface area contributed by atoms with Gasteiger partial charge in [-0.25, -0.2) is 4.98 Å². The number of benzene rings is 1. The van der Waals surface area contributed by atoms with Crippen molar-refractivity contribution >= 4 is 39.9 Å². The van der Waals surface area contributed by atoms with Crippen LogP contribution < -0.4 is 10.9 Å². The van der Waals surface area contributed by atoms with Crippen molar-refractivity contribution in [3.63, 3.8) is 0 Å². The van der Waals surface area contributed by atoms with E-state index in [1.165, 1.54) is 6.08 Å². The molecule has 0 bridgehead atoms. The smallest absolute Gasteiger partial charge is 0.261 e. The Kier molecular flexibility index (Phi) is 3.74. The van der Waals surface area contributed by atoms with Crippen LogP contribution in [0.25, 0.3) is 17.0 Å². The van der Waals surface area contributed by atoms with Gasteiger partial charge in [0.15, 0.2) is 0 Å². The summed E-state index contributed by atoms with van der Waals surface area (Å²) >= 11 is 1.58. The van der Waals surface area contributed by atoms with Gasteiger partial charge in [0.1, 0.15) is 5.82 Å². The second-order valence-electron chi connectivity index (χ2n) is 5.70. The van der Waals surface area contributed by atoms with Gasteiger partial charge in [-0.15, -0.1) is 0 Å². The van der Waals surface area contributed by atoms with E-state index >= 15 is 0 Å². The van der Waals surface area contributed by atoms with Crippen LogP contribution >= 0.6 is 11.3 Å². The van der Waals surface area contributed by atoms with Gasteiger partial charge in [0, 0.05) is 24.7 Å². The zero-order chi connectivity index (χ0) is 16.5. The minimum atomic E-state index is -0.227. The fourth-order valence-electron chi connectivity index (χ4n) is 2.89. The van der Waals surface area contributed by atoms with Gasteiger partial charge in [-0.1, -0.05) is 0 Å². The lowest BCUT2D eigenvalue weighted by Gasteiger charge is -2.07. The molecule has 1 aromatic carbocycles. The Morgan fingerprint density at radius 3 is 3.08 bits per heavy atom. The zero-order valence-electron chi connectivity index (χ0n) is 12.9. The first kappa shape index (κ1) is 14.8. The van der Waals surface area contributed by atoms with Crippen LogP contribution in [0.15, 0.2) is 45.9 Å². The van der Waals surface area contributed by atoms with Crippen LogP contribution in [-0.4, -0.2) is 15.5 Å². The van der Waals surface area contributed by atoms with E-state index in [1.807, 2.05) is 16.8 Å². The summed E-state index contributed by atoms with van der Waals surface area (Å²) in [6.07, 6.45) is 5.04. The molecule has 6 heteroatoms. The molecule has 24 heavy (non-hydrogen) atoms. The predicted molar refractivity (Wildman–Crippen MR) is 96.3 cm³/mol. The molecule has 1 aliphatic rings. The number of rotatable bonds is 3. The molecule has 1 aliphatic heterocycles. The number of carbonyl (C=O) groups is 1. The van der Waals surface area contributed by atoms with Gasteiger partial charge in [0.05, 0.1) is 10.9 Å². The van der Waals surface area contributed by atoms with Crippen molar-refractivity contribution < 1.29 is 4.79 Å². The Labute approximate surface area is 142 Å². The number of carbonyl (C=O) groups excluding carboxylic acids is 1. The van der Waals surface area contributed by atoms with Crippen molar-refractivity contribution in [1.29, 1.82) is 0 Å². The normalized spacial score (nSPS) is 13.5. The summed E-state index contributed by atoms with van der Waals surface area (Å²) in [6, 6.07) is 7.20. The number of amides is 1. The average Bonchev–Trinajstić information content (AvgIpc) is 3.25. The summed E-state index contributed by atoms with van der Waals surface area (Å²) in [7, 11) is 0. The number of nitrogens with zero attached hydrogens (tertiary/aromatic N) is 2. The fourth-order valence-corrected chi connectivity index (χ4v) is 3.52. The van der Waals surface area contributed by atoms with E-state index in [1.54, 1.807) is 40.2 Å². The fraction of sp³-hybridized carbons (Fsp3) is 0.167. The van der Waals surface area contributed by atoms with E-state index < -0.39 is 0 Å². The molecule has 0 aliphatic carbocycles. The van der Waals surface area contributed by atoms with Crippen molar-refractivity contribution in [3.05, 3.63) is 62.8 Å². The van der Waals surface area contributed by atoms with Crippen molar-refractivity contribution in [2.45, 2.75) is 19.4 Å². The molecule has 0 unspecified atom stereocenters. The number of nitrogens with one attached hydrogen (secondary N) is 1. The molecule has 0 saturated carbocycles. The number of anilines is 1. The minimum absolute atomic E-state index is 0.0302. The van der Waals surface area contributed by atoms with E-state index in [-0.39, 0.29) is 11.5 Å². The number of hydrogen-bond donors (Lipinski definition) is 1. The SMILES string of the molecule is O=C(C=Cc1ccsc1)Nc1ccc2nc3n(c(=O)c2c1)CCC3. The molecule has 1 amide bonds. The van der Waals surface area contributed by atoms with E-state index in [0.29, 0.717) is 16.6 Å². The lowest BCUT2D eigenvalue weighted by molar-refractivity contribution is -0.111. The average molecular weight is 337 g/mol. The van der Waals surface area contributed by atoms with Crippen LogP contribution in [0.4, 0.5) is 5.69 Å². The molecule has 0 atom stereocenters. The van der Waals surface area contributed by atoms with Gasteiger partial charge in [-0.05, 0) is 53.1 Å². The second kappa shape index (κ2) is 6.05. The number of fused-ring (bicyclic) bond motifs is 2. The molecular formula is C18H15N3O2S. The number of aryl methyl sites for hydroxylation is 1. The summed E-state index contributed by atoms with van der Waals surface area (Å²) in [5.41, 5.74) is 2.24. The van der Waals surface area contributed by atoms with E-state index in [2.05, 4.69) is 10.3 Å². The van der Waals surface area contributed by atoms with E-state index in [9.17, 15) is 9.59 Å². The Balaban J connectivity index is 1.61. The molecule has 5 nitrogen and oxygen atoms in total. The first-order chi connectivity index (χ1) is 11.7. The molecule has 0 saturated heterocycles. The van der Waals surface area contributed by atoms with Crippen molar-refractivity contribution in [1.82, 2.24) is 9.55 Å². The maximum absolute atomic E-state index is 12.5. The molecule has 0 spiro atoms. The summed E-state index contributed by atoms with van der Waals surface area (Å²) in [5, 5.41) is 7.26. The number of thiophene rings is 1. The van der Waals surface area contributed by atoms with Gasteiger partial charge in [-0.3, -0.25) is 14.2 Å². The maximum Gasteiger partial charge on any atom is 0.261 e. The molecule has 4 rings (SSSR count). The van der Waals surface area contributed by atoms with Crippen LogP contribution in [0.1, 0.15) is 17.8 Å². The second-order valence-corrected chi connectivity index (χ2v) is 6.48. The van der Waals surface area contributed by atoms with Crippen LogP contribution in [0.3, 0.4) is 0 Å². The van der Waals surface area contributed by atoms with Crippen molar-refractivity contribution in [3.8, 4) is 0 Å². The highest BCUT2D eigenvalue weighted by atomic mass is 32.1. The standard InChI is InChI=1S/C18H15N3O2S/c22-17(6-3-12-7-9-24-11-12)19-13-4-5-15-14(10-13)18(23)21-8-1-2-16(21)20-15/h3-7,9-11H,1-2,8H2,(H,19,22). The minimum Gasteiger partial charge on any atom is -0.322 e. The monoisotopic (exact) mass is 337 g/mol. The number of hydrogen-bond acceptors (Lipinski definition) is 4. The molecule has 2 aromatic heterocycles.